The maximum atomic E-state index is 12.6. The van der Waals surface area contributed by atoms with Crippen molar-refractivity contribution in [3.63, 3.8) is 0 Å². The van der Waals surface area contributed by atoms with Gasteiger partial charge in [0.05, 0.1) is 19.8 Å². The number of aliphatic imine (C=N–C) groups is 1. The normalized spacial score (nSPS) is 24.1. The van der Waals surface area contributed by atoms with Crippen LogP contribution in [0.2, 0.25) is 0 Å². The Hall–Kier alpha value is -2.63. The molecule has 186 valence electrons. The number of rotatable bonds is 8. The van der Waals surface area contributed by atoms with Gasteiger partial charge in [-0.3, -0.25) is 9.79 Å². The molecular weight excluding hydrogens is 428 g/mol. The molecule has 2 N–H and O–H groups in total. The number of esters is 1. The number of methoxy groups -OCH3 is 1. The molecule has 0 heterocycles. The molecule has 0 saturated heterocycles. The van der Waals surface area contributed by atoms with Gasteiger partial charge in [0.15, 0.2) is 5.78 Å². The van der Waals surface area contributed by atoms with Crippen molar-refractivity contribution in [3.05, 3.63) is 41.1 Å². The Kier molecular flexibility index (Phi) is 10.2. The highest BCUT2D eigenvalue weighted by atomic mass is 16.5. The van der Waals surface area contributed by atoms with E-state index in [0.29, 0.717) is 18.8 Å². The number of carbonyl (C=O) groups is 2. The number of hydrogen-bond donors (Lipinski definition) is 1. The number of carbonyl (C=O) groups excluding carboxylic acids is 2. The lowest BCUT2D eigenvalue weighted by molar-refractivity contribution is -0.136. The highest BCUT2D eigenvalue weighted by Crippen LogP contribution is 2.30. The zero-order valence-corrected chi connectivity index (χ0v) is 20.8. The number of para-hydroxylation sites is 1. The van der Waals surface area contributed by atoms with Crippen molar-refractivity contribution in [1.82, 2.24) is 0 Å². The average molecular weight is 469 g/mol. The van der Waals surface area contributed by atoms with E-state index in [1.165, 1.54) is 12.7 Å². The first kappa shape index (κ1) is 26.0. The lowest BCUT2D eigenvalue weighted by Gasteiger charge is -2.19. The average Bonchev–Trinajstić information content (AvgIpc) is 3.22. The van der Waals surface area contributed by atoms with Crippen LogP contribution in [0.25, 0.3) is 0 Å². The first-order chi connectivity index (χ1) is 16.5. The summed E-state index contributed by atoms with van der Waals surface area (Å²) in [4.78, 5) is 29.2. The molecule has 2 fully saturated rings. The number of ether oxygens (including phenoxy) is 2. The minimum atomic E-state index is -0.519. The molecule has 1 aromatic carbocycles. The van der Waals surface area contributed by atoms with Crippen LogP contribution in [0, 0.1) is 12.8 Å². The molecule has 0 amide bonds. The Bertz CT molecular complexity index is 905. The quantitative estimate of drug-likeness (QED) is 0.311. The zero-order chi connectivity index (χ0) is 24.3. The Morgan fingerprint density at radius 2 is 1.82 bits per heavy atom. The standard InChI is InChI=1S/C28H40N2O4/c1-20-9-6-7-14-26(20)34-23-11-8-10-21(16-18-23)15-17-22(31)19-30-25-13-5-3-4-12-24(25)27(29)28(32)33-2/h6-7,9,14,21,23H,3-5,8,10-13,15-19,29H2,1-2H3. The van der Waals surface area contributed by atoms with Crippen LogP contribution in [0.5, 0.6) is 5.75 Å². The Morgan fingerprint density at radius 1 is 1.03 bits per heavy atom. The summed E-state index contributed by atoms with van der Waals surface area (Å²) < 4.78 is 11.1. The SMILES string of the molecule is COC(=O)C(N)=C1CCCCCC1=NCC(=O)CCC1CCCC(Oc2ccccc2C)CC1. The van der Waals surface area contributed by atoms with Crippen LogP contribution < -0.4 is 10.5 Å². The lowest BCUT2D eigenvalue weighted by atomic mass is 9.94. The van der Waals surface area contributed by atoms with E-state index in [2.05, 4.69) is 18.0 Å². The molecule has 0 aliphatic heterocycles. The predicted molar refractivity (Wildman–Crippen MR) is 135 cm³/mol. The van der Waals surface area contributed by atoms with E-state index in [0.717, 1.165) is 81.2 Å². The fraction of sp³-hybridized carbons (Fsp3) is 0.607. The second-order valence-electron chi connectivity index (χ2n) is 9.66. The number of benzene rings is 1. The van der Waals surface area contributed by atoms with Crippen LogP contribution in [-0.4, -0.2) is 37.2 Å². The first-order valence-corrected chi connectivity index (χ1v) is 12.8. The monoisotopic (exact) mass is 468 g/mol. The van der Waals surface area contributed by atoms with Crippen molar-refractivity contribution in [2.24, 2.45) is 16.6 Å². The van der Waals surface area contributed by atoms with E-state index in [9.17, 15) is 9.59 Å². The summed E-state index contributed by atoms with van der Waals surface area (Å²) in [6, 6.07) is 8.19. The van der Waals surface area contributed by atoms with Crippen molar-refractivity contribution in [3.8, 4) is 5.75 Å². The molecule has 6 heteroatoms. The zero-order valence-electron chi connectivity index (χ0n) is 20.8. The van der Waals surface area contributed by atoms with Crippen LogP contribution in [0.4, 0.5) is 0 Å². The van der Waals surface area contributed by atoms with Gasteiger partial charge < -0.3 is 15.2 Å². The molecule has 2 unspecified atom stereocenters. The molecule has 34 heavy (non-hydrogen) atoms. The smallest absolute Gasteiger partial charge is 0.354 e. The molecule has 2 aliphatic carbocycles. The topological polar surface area (TPSA) is 91.0 Å². The summed E-state index contributed by atoms with van der Waals surface area (Å²) >= 11 is 0. The predicted octanol–water partition coefficient (Wildman–Crippen LogP) is 5.46. The van der Waals surface area contributed by atoms with Gasteiger partial charge in [-0.1, -0.05) is 31.0 Å². The van der Waals surface area contributed by atoms with E-state index < -0.39 is 5.97 Å². The van der Waals surface area contributed by atoms with E-state index in [-0.39, 0.29) is 24.1 Å². The number of hydrogen-bond acceptors (Lipinski definition) is 6. The molecule has 6 nitrogen and oxygen atoms in total. The van der Waals surface area contributed by atoms with Gasteiger partial charge in [0, 0.05) is 17.7 Å². The lowest BCUT2D eigenvalue weighted by Crippen LogP contribution is -2.20. The number of allylic oxidation sites excluding steroid dienone is 1. The van der Waals surface area contributed by atoms with E-state index in [1.807, 2.05) is 18.2 Å². The van der Waals surface area contributed by atoms with Crippen LogP contribution >= 0.6 is 0 Å². The maximum Gasteiger partial charge on any atom is 0.354 e. The van der Waals surface area contributed by atoms with Gasteiger partial charge in [0.2, 0.25) is 0 Å². The Morgan fingerprint density at radius 3 is 2.62 bits per heavy atom. The van der Waals surface area contributed by atoms with Crippen LogP contribution in [-0.2, 0) is 14.3 Å². The highest BCUT2D eigenvalue weighted by molar-refractivity contribution is 6.07. The minimum absolute atomic E-state index is 0.136. The fourth-order valence-electron chi connectivity index (χ4n) is 5.01. The van der Waals surface area contributed by atoms with E-state index in [1.54, 1.807) is 0 Å². The molecule has 2 aliphatic rings. The van der Waals surface area contributed by atoms with Gasteiger partial charge in [-0.25, -0.2) is 4.79 Å². The third-order valence-corrected chi connectivity index (χ3v) is 7.12. The van der Waals surface area contributed by atoms with Gasteiger partial charge in [-0.2, -0.15) is 0 Å². The van der Waals surface area contributed by atoms with Crippen molar-refractivity contribution in [2.75, 3.05) is 13.7 Å². The minimum Gasteiger partial charge on any atom is -0.490 e. The Balaban J connectivity index is 1.49. The third-order valence-electron chi connectivity index (χ3n) is 7.12. The molecule has 0 aromatic heterocycles. The van der Waals surface area contributed by atoms with Crippen molar-refractivity contribution in [2.45, 2.75) is 90.1 Å². The summed E-state index contributed by atoms with van der Waals surface area (Å²) in [7, 11) is 1.33. The second-order valence-corrected chi connectivity index (χ2v) is 9.66. The van der Waals surface area contributed by atoms with Crippen molar-refractivity contribution in [1.29, 1.82) is 0 Å². The second kappa shape index (κ2) is 13.3. The van der Waals surface area contributed by atoms with Gasteiger partial charge in [-0.15, -0.1) is 0 Å². The fourth-order valence-corrected chi connectivity index (χ4v) is 5.01. The molecule has 0 bridgehead atoms. The Labute approximate surface area is 204 Å². The van der Waals surface area contributed by atoms with Gasteiger partial charge in [0.1, 0.15) is 11.4 Å². The van der Waals surface area contributed by atoms with Gasteiger partial charge >= 0.3 is 5.97 Å². The van der Waals surface area contributed by atoms with Crippen LogP contribution in [0.1, 0.15) is 82.6 Å². The van der Waals surface area contributed by atoms with Crippen LogP contribution in [0.15, 0.2) is 40.5 Å². The molecule has 0 radical (unpaired) electrons. The van der Waals surface area contributed by atoms with Crippen molar-refractivity contribution >= 4 is 17.5 Å². The van der Waals surface area contributed by atoms with Crippen molar-refractivity contribution < 1.29 is 19.1 Å². The number of aryl methyl sites for hydroxylation is 1. The van der Waals surface area contributed by atoms with E-state index >= 15 is 0 Å². The number of ketones is 1. The molecule has 2 atom stereocenters. The largest absolute Gasteiger partial charge is 0.490 e. The first-order valence-electron chi connectivity index (χ1n) is 12.8. The van der Waals surface area contributed by atoms with Gasteiger partial charge in [0.25, 0.3) is 0 Å². The summed E-state index contributed by atoms with van der Waals surface area (Å²) in [5, 5.41) is 0. The maximum absolute atomic E-state index is 12.6. The summed E-state index contributed by atoms with van der Waals surface area (Å²) in [6.45, 7) is 2.25. The summed E-state index contributed by atoms with van der Waals surface area (Å²) in [5.41, 5.74) is 8.92. The molecule has 3 rings (SSSR count). The number of nitrogens with zero attached hydrogens (tertiary/aromatic N) is 1. The van der Waals surface area contributed by atoms with Crippen LogP contribution in [0.3, 0.4) is 0 Å². The summed E-state index contributed by atoms with van der Waals surface area (Å²) in [6.07, 6.45) is 11.7. The number of nitrogens with two attached hydrogens (primary N) is 1. The summed E-state index contributed by atoms with van der Waals surface area (Å²) in [5.74, 6) is 1.18. The molecule has 0 spiro atoms. The molecular formula is C28H40N2O4. The third kappa shape index (κ3) is 7.71. The molecule has 1 aromatic rings. The van der Waals surface area contributed by atoms with E-state index in [4.69, 9.17) is 15.2 Å². The van der Waals surface area contributed by atoms with Gasteiger partial charge in [-0.05, 0) is 82.3 Å². The number of Topliss-reactive ketones (excluding diaryl/α,β-unsaturated/α-hetero) is 1. The highest BCUT2D eigenvalue weighted by Gasteiger charge is 2.22. The molecule has 2 saturated carbocycles.